The largest absolute Gasteiger partial charge is 0.355 e. The molecule has 2 rings (SSSR count). The molecule has 0 aromatic carbocycles. The summed E-state index contributed by atoms with van der Waals surface area (Å²) in [6.07, 6.45) is 3.84. The number of hydrogen-bond donors (Lipinski definition) is 1. The van der Waals surface area contributed by atoms with E-state index in [1.54, 1.807) is 0 Å². The van der Waals surface area contributed by atoms with Gasteiger partial charge in [0.15, 0.2) is 0 Å². The number of carbonyl (C=O) groups is 2. The molecule has 0 spiro atoms. The fraction of sp³-hybridized carbons (Fsp3) is 0.833. The van der Waals surface area contributed by atoms with Crippen LogP contribution in [-0.4, -0.2) is 36.3 Å². The van der Waals surface area contributed by atoms with Crippen molar-refractivity contribution < 1.29 is 9.59 Å². The SMILES string of the molecule is CCC1CCN(C(=O)C2CNC(=O)C2)CC1. The van der Waals surface area contributed by atoms with Gasteiger partial charge in [-0.15, -0.1) is 0 Å². The van der Waals surface area contributed by atoms with Gasteiger partial charge in [-0.05, 0) is 18.8 Å². The molecule has 2 aliphatic heterocycles. The third-order valence-corrected chi connectivity index (χ3v) is 3.83. The molecule has 1 N–H and O–H groups in total. The van der Waals surface area contributed by atoms with Crippen LogP contribution in [0.2, 0.25) is 0 Å². The molecule has 2 saturated heterocycles. The molecule has 0 aromatic rings. The third kappa shape index (κ3) is 2.36. The van der Waals surface area contributed by atoms with E-state index in [4.69, 9.17) is 0 Å². The summed E-state index contributed by atoms with van der Waals surface area (Å²) < 4.78 is 0. The number of rotatable bonds is 2. The maximum absolute atomic E-state index is 12.1. The fourth-order valence-corrected chi connectivity index (χ4v) is 2.60. The molecule has 16 heavy (non-hydrogen) atoms. The molecule has 0 radical (unpaired) electrons. The predicted molar refractivity (Wildman–Crippen MR) is 60.7 cm³/mol. The first-order valence-corrected chi connectivity index (χ1v) is 6.26. The molecule has 0 aliphatic carbocycles. The second-order valence-electron chi connectivity index (χ2n) is 4.88. The third-order valence-electron chi connectivity index (χ3n) is 3.83. The summed E-state index contributed by atoms with van der Waals surface area (Å²) in [4.78, 5) is 25.1. The number of likely N-dealkylation sites (tertiary alicyclic amines) is 1. The van der Waals surface area contributed by atoms with Crippen LogP contribution < -0.4 is 5.32 Å². The van der Waals surface area contributed by atoms with Crippen LogP contribution >= 0.6 is 0 Å². The van der Waals surface area contributed by atoms with Crippen LogP contribution in [0.1, 0.15) is 32.6 Å². The lowest BCUT2D eigenvalue weighted by Gasteiger charge is -2.32. The second kappa shape index (κ2) is 4.85. The van der Waals surface area contributed by atoms with E-state index in [1.165, 1.54) is 6.42 Å². The number of hydrogen-bond acceptors (Lipinski definition) is 2. The van der Waals surface area contributed by atoms with Crippen LogP contribution in [0.15, 0.2) is 0 Å². The summed E-state index contributed by atoms with van der Waals surface area (Å²) in [6, 6.07) is 0. The highest BCUT2D eigenvalue weighted by Crippen LogP contribution is 2.22. The Morgan fingerprint density at radius 1 is 1.44 bits per heavy atom. The molecule has 1 atom stereocenters. The highest BCUT2D eigenvalue weighted by molar-refractivity contribution is 5.89. The summed E-state index contributed by atoms with van der Waals surface area (Å²) in [5.74, 6) is 0.868. The van der Waals surface area contributed by atoms with Gasteiger partial charge in [0.25, 0.3) is 0 Å². The van der Waals surface area contributed by atoms with Crippen molar-refractivity contribution in [2.45, 2.75) is 32.6 Å². The molecule has 0 aromatic heterocycles. The molecule has 2 fully saturated rings. The van der Waals surface area contributed by atoms with Gasteiger partial charge in [-0.1, -0.05) is 13.3 Å². The normalized spacial score (nSPS) is 26.9. The quantitative estimate of drug-likeness (QED) is 0.753. The number of amides is 2. The van der Waals surface area contributed by atoms with E-state index >= 15 is 0 Å². The summed E-state index contributed by atoms with van der Waals surface area (Å²) in [5, 5.41) is 2.72. The van der Waals surface area contributed by atoms with E-state index in [9.17, 15) is 9.59 Å². The van der Waals surface area contributed by atoms with E-state index in [0.29, 0.717) is 13.0 Å². The van der Waals surface area contributed by atoms with Gasteiger partial charge >= 0.3 is 0 Å². The zero-order valence-corrected chi connectivity index (χ0v) is 9.87. The van der Waals surface area contributed by atoms with E-state index < -0.39 is 0 Å². The van der Waals surface area contributed by atoms with Crippen LogP contribution in [0.25, 0.3) is 0 Å². The zero-order chi connectivity index (χ0) is 11.5. The Morgan fingerprint density at radius 2 is 2.12 bits per heavy atom. The standard InChI is InChI=1S/C12H20N2O2/c1-2-9-3-5-14(6-4-9)12(16)10-7-11(15)13-8-10/h9-10H,2-8H2,1H3,(H,13,15). The Bertz CT molecular complexity index is 283. The van der Waals surface area contributed by atoms with Gasteiger partial charge in [-0.2, -0.15) is 0 Å². The van der Waals surface area contributed by atoms with Crippen molar-refractivity contribution in [3.05, 3.63) is 0 Å². The lowest BCUT2D eigenvalue weighted by molar-refractivity contribution is -0.137. The Hall–Kier alpha value is -1.06. The van der Waals surface area contributed by atoms with Gasteiger partial charge in [0, 0.05) is 26.1 Å². The average molecular weight is 224 g/mol. The molecule has 2 heterocycles. The Morgan fingerprint density at radius 3 is 2.62 bits per heavy atom. The molecule has 2 amide bonds. The molecule has 1 unspecified atom stereocenters. The first-order chi connectivity index (χ1) is 7.70. The van der Waals surface area contributed by atoms with Crippen molar-refractivity contribution in [3.63, 3.8) is 0 Å². The Balaban J connectivity index is 1.84. The molecule has 90 valence electrons. The van der Waals surface area contributed by atoms with E-state index in [2.05, 4.69) is 12.2 Å². The van der Waals surface area contributed by atoms with Crippen LogP contribution in [0.4, 0.5) is 0 Å². The fourth-order valence-electron chi connectivity index (χ4n) is 2.60. The lowest BCUT2D eigenvalue weighted by Crippen LogP contribution is -2.42. The molecule has 0 saturated carbocycles. The number of nitrogens with zero attached hydrogens (tertiary/aromatic N) is 1. The minimum atomic E-state index is -0.106. The lowest BCUT2D eigenvalue weighted by atomic mass is 9.93. The number of nitrogens with one attached hydrogen (secondary N) is 1. The summed E-state index contributed by atoms with van der Waals surface area (Å²) in [5.41, 5.74) is 0. The van der Waals surface area contributed by atoms with Crippen molar-refractivity contribution in [2.75, 3.05) is 19.6 Å². The van der Waals surface area contributed by atoms with Crippen molar-refractivity contribution in [2.24, 2.45) is 11.8 Å². The van der Waals surface area contributed by atoms with E-state index in [1.807, 2.05) is 4.90 Å². The van der Waals surface area contributed by atoms with Crippen molar-refractivity contribution in [3.8, 4) is 0 Å². The van der Waals surface area contributed by atoms with Gasteiger partial charge in [0.1, 0.15) is 0 Å². The van der Waals surface area contributed by atoms with Gasteiger partial charge in [-0.25, -0.2) is 0 Å². The topological polar surface area (TPSA) is 49.4 Å². The van der Waals surface area contributed by atoms with Crippen LogP contribution in [0.5, 0.6) is 0 Å². The van der Waals surface area contributed by atoms with Crippen molar-refractivity contribution in [1.29, 1.82) is 0 Å². The number of carbonyl (C=O) groups excluding carboxylic acids is 2. The summed E-state index contributed by atoms with van der Waals surface area (Å²) in [6.45, 7) is 4.50. The van der Waals surface area contributed by atoms with Gasteiger partial charge < -0.3 is 10.2 Å². The van der Waals surface area contributed by atoms with E-state index in [0.717, 1.165) is 31.8 Å². The molecular weight excluding hydrogens is 204 g/mol. The van der Waals surface area contributed by atoms with Gasteiger partial charge in [0.2, 0.25) is 11.8 Å². The van der Waals surface area contributed by atoms with Crippen LogP contribution in [-0.2, 0) is 9.59 Å². The van der Waals surface area contributed by atoms with Gasteiger partial charge in [0.05, 0.1) is 5.92 Å². The van der Waals surface area contributed by atoms with Crippen molar-refractivity contribution in [1.82, 2.24) is 10.2 Å². The molecule has 0 bridgehead atoms. The monoisotopic (exact) mass is 224 g/mol. The number of piperidine rings is 1. The van der Waals surface area contributed by atoms with Crippen molar-refractivity contribution >= 4 is 11.8 Å². The van der Waals surface area contributed by atoms with Gasteiger partial charge in [-0.3, -0.25) is 9.59 Å². The Labute approximate surface area is 96.4 Å². The average Bonchev–Trinajstić information content (AvgIpc) is 2.75. The minimum absolute atomic E-state index is 0.0156. The molecular formula is C12H20N2O2. The summed E-state index contributed by atoms with van der Waals surface area (Å²) >= 11 is 0. The highest BCUT2D eigenvalue weighted by atomic mass is 16.2. The maximum Gasteiger partial charge on any atom is 0.227 e. The minimum Gasteiger partial charge on any atom is -0.355 e. The highest BCUT2D eigenvalue weighted by Gasteiger charge is 2.32. The second-order valence-corrected chi connectivity index (χ2v) is 4.88. The first-order valence-electron chi connectivity index (χ1n) is 6.26. The molecule has 4 nitrogen and oxygen atoms in total. The zero-order valence-electron chi connectivity index (χ0n) is 9.87. The van der Waals surface area contributed by atoms with Crippen LogP contribution in [0.3, 0.4) is 0 Å². The molecule has 2 aliphatic rings. The smallest absolute Gasteiger partial charge is 0.227 e. The first kappa shape index (κ1) is 11.4. The summed E-state index contributed by atoms with van der Waals surface area (Å²) in [7, 11) is 0. The van der Waals surface area contributed by atoms with Crippen LogP contribution in [0, 0.1) is 11.8 Å². The Kier molecular flexibility index (Phi) is 3.46. The predicted octanol–water partition coefficient (Wildman–Crippen LogP) is 0.771. The van der Waals surface area contributed by atoms with E-state index in [-0.39, 0.29) is 17.7 Å². The molecule has 4 heteroatoms. The maximum atomic E-state index is 12.1.